The van der Waals surface area contributed by atoms with Gasteiger partial charge in [0.2, 0.25) is 0 Å². The number of carboxylic acids is 1. The van der Waals surface area contributed by atoms with E-state index in [-0.39, 0.29) is 11.6 Å². The Balaban J connectivity index is 1.86. The molecule has 0 radical (unpaired) electrons. The molecule has 3 rings (SSSR count). The topological polar surface area (TPSA) is 60.9 Å². The van der Waals surface area contributed by atoms with Crippen LogP contribution in [0, 0.1) is 0 Å². The molecule has 5 heteroatoms. The van der Waals surface area contributed by atoms with Crippen LogP contribution in [0.25, 0.3) is 0 Å². The van der Waals surface area contributed by atoms with Crippen LogP contribution in [-0.2, 0) is 6.42 Å². The fourth-order valence-electron chi connectivity index (χ4n) is 2.96. The van der Waals surface area contributed by atoms with E-state index in [4.69, 9.17) is 5.11 Å². The van der Waals surface area contributed by atoms with E-state index in [0.29, 0.717) is 13.1 Å². The van der Waals surface area contributed by atoms with Gasteiger partial charge in [0.15, 0.2) is 0 Å². The highest BCUT2D eigenvalue weighted by molar-refractivity contribution is 5.97. The zero-order chi connectivity index (χ0) is 15.0. The Hall–Kier alpha value is -2.30. The summed E-state index contributed by atoms with van der Waals surface area (Å²) in [6, 6.07) is 5.00. The maximum Gasteiger partial charge on any atom is 0.335 e. The highest BCUT2D eigenvalue weighted by atomic mass is 16.4. The molecule has 21 heavy (non-hydrogen) atoms. The van der Waals surface area contributed by atoms with Crippen molar-refractivity contribution in [2.45, 2.75) is 19.8 Å². The molecule has 2 heterocycles. The summed E-state index contributed by atoms with van der Waals surface area (Å²) in [5, 5.41) is 9.10. The molecule has 0 aromatic heterocycles. The number of rotatable bonds is 1. The first-order valence-electron chi connectivity index (χ1n) is 7.14. The van der Waals surface area contributed by atoms with Gasteiger partial charge in [-0.05, 0) is 37.5 Å². The number of nitrogens with zero attached hydrogens (tertiary/aromatic N) is 2. The Bertz CT molecular complexity index is 636. The molecule has 5 nitrogen and oxygen atoms in total. The van der Waals surface area contributed by atoms with Crippen molar-refractivity contribution in [3.63, 3.8) is 0 Å². The number of carbonyl (C=O) groups is 2. The molecule has 0 fully saturated rings. The van der Waals surface area contributed by atoms with Crippen LogP contribution in [0.1, 0.15) is 29.3 Å². The maximum atomic E-state index is 12.7. The molecule has 0 bridgehead atoms. The van der Waals surface area contributed by atoms with E-state index in [1.807, 2.05) is 17.9 Å². The van der Waals surface area contributed by atoms with Gasteiger partial charge in [0.05, 0.1) is 5.56 Å². The predicted molar refractivity (Wildman–Crippen MR) is 79.8 cm³/mol. The summed E-state index contributed by atoms with van der Waals surface area (Å²) in [7, 11) is 0. The second-order valence-corrected chi connectivity index (χ2v) is 5.59. The van der Waals surface area contributed by atoms with Crippen LogP contribution in [0.5, 0.6) is 0 Å². The summed E-state index contributed by atoms with van der Waals surface area (Å²) in [6.07, 6.45) is 3.82. The predicted octanol–water partition coefficient (Wildman–Crippen LogP) is 2.52. The van der Waals surface area contributed by atoms with E-state index < -0.39 is 5.97 Å². The molecule has 2 aliphatic heterocycles. The minimum absolute atomic E-state index is 0.0243. The number of urea groups is 1. The summed E-state index contributed by atoms with van der Waals surface area (Å²) < 4.78 is 0. The van der Waals surface area contributed by atoms with Crippen LogP contribution in [0.3, 0.4) is 0 Å². The normalized spacial score (nSPS) is 17.5. The highest BCUT2D eigenvalue weighted by Gasteiger charge is 2.29. The number of hydrogen-bond donors (Lipinski definition) is 1. The minimum atomic E-state index is -0.964. The molecule has 0 saturated heterocycles. The Kier molecular flexibility index (Phi) is 3.41. The van der Waals surface area contributed by atoms with Crippen molar-refractivity contribution in [3.8, 4) is 0 Å². The first-order valence-corrected chi connectivity index (χ1v) is 7.14. The maximum absolute atomic E-state index is 12.7. The van der Waals surface area contributed by atoms with Gasteiger partial charge in [-0.15, -0.1) is 0 Å². The molecule has 2 amide bonds. The minimum Gasteiger partial charge on any atom is -0.478 e. The van der Waals surface area contributed by atoms with Gasteiger partial charge >= 0.3 is 12.0 Å². The number of carbonyl (C=O) groups excluding carboxylic acids is 1. The number of carboxylic acid groups (broad SMARTS) is 1. The lowest BCUT2D eigenvalue weighted by molar-refractivity contribution is 0.0697. The van der Waals surface area contributed by atoms with Crippen molar-refractivity contribution >= 4 is 17.7 Å². The first kappa shape index (κ1) is 13.7. The number of anilines is 1. The Morgan fingerprint density at radius 3 is 2.76 bits per heavy atom. The lowest BCUT2D eigenvalue weighted by Crippen LogP contribution is -2.44. The zero-order valence-corrected chi connectivity index (χ0v) is 12.0. The smallest absolute Gasteiger partial charge is 0.335 e. The van der Waals surface area contributed by atoms with E-state index in [1.54, 1.807) is 17.0 Å². The van der Waals surface area contributed by atoms with Gasteiger partial charge in [-0.3, -0.25) is 4.90 Å². The second kappa shape index (κ2) is 5.24. The number of hydrogen-bond acceptors (Lipinski definition) is 2. The van der Waals surface area contributed by atoms with Gasteiger partial charge in [0, 0.05) is 25.3 Å². The van der Waals surface area contributed by atoms with Crippen LogP contribution >= 0.6 is 0 Å². The molecule has 0 atom stereocenters. The van der Waals surface area contributed by atoms with Crippen molar-refractivity contribution in [3.05, 3.63) is 41.0 Å². The van der Waals surface area contributed by atoms with Gasteiger partial charge in [0.1, 0.15) is 0 Å². The van der Waals surface area contributed by atoms with Crippen molar-refractivity contribution < 1.29 is 14.7 Å². The van der Waals surface area contributed by atoms with Crippen LogP contribution in [0.15, 0.2) is 29.8 Å². The third-order valence-corrected chi connectivity index (χ3v) is 4.06. The fourth-order valence-corrected chi connectivity index (χ4v) is 2.96. The largest absolute Gasteiger partial charge is 0.478 e. The van der Waals surface area contributed by atoms with Gasteiger partial charge in [-0.2, -0.15) is 0 Å². The summed E-state index contributed by atoms with van der Waals surface area (Å²) in [5.74, 6) is -0.964. The van der Waals surface area contributed by atoms with E-state index in [2.05, 4.69) is 6.08 Å². The number of aromatic carboxylic acids is 1. The van der Waals surface area contributed by atoms with E-state index in [1.165, 1.54) is 5.57 Å². The Morgan fingerprint density at radius 2 is 2.05 bits per heavy atom. The quantitative estimate of drug-likeness (QED) is 0.807. The SMILES string of the molecule is CC1=CCCN(C(=O)N2CCc3ccc(C(=O)O)cc32)C1. The van der Waals surface area contributed by atoms with Gasteiger partial charge < -0.3 is 10.0 Å². The van der Waals surface area contributed by atoms with Crippen LogP contribution in [-0.4, -0.2) is 41.6 Å². The third-order valence-electron chi connectivity index (χ3n) is 4.06. The summed E-state index contributed by atoms with van der Waals surface area (Å²) in [6.45, 7) is 4.03. The average Bonchev–Trinajstić information content (AvgIpc) is 2.89. The molecule has 110 valence electrons. The molecule has 2 aliphatic rings. The summed E-state index contributed by atoms with van der Waals surface area (Å²) in [4.78, 5) is 27.3. The Morgan fingerprint density at radius 1 is 1.24 bits per heavy atom. The third kappa shape index (κ3) is 2.51. The molecule has 0 unspecified atom stereocenters. The van der Waals surface area contributed by atoms with Crippen molar-refractivity contribution in [1.29, 1.82) is 0 Å². The number of benzene rings is 1. The molecule has 1 aromatic carbocycles. The van der Waals surface area contributed by atoms with Gasteiger partial charge in [0.25, 0.3) is 0 Å². The van der Waals surface area contributed by atoms with E-state index in [0.717, 1.165) is 30.6 Å². The molecule has 0 saturated carbocycles. The van der Waals surface area contributed by atoms with Crippen LogP contribution < -0.4 is 4.90 Å². The number of amides is 2. The molecule has 0 aliphatic carbocycles. The van der Waals surface area contributed by atoms with Gasteiger partial charge in [-0.1, -0.05) is 17.7 Å². The first-order chi connectivity index (χ1) is 10.1. The van der Waals surface area contributed by atoms with E-state index >= 15 is 0 Å². The summed E-state index contributed by atoms with van der Waals surface area (Å²) >= 11 is 0. The molecular formula is C16H18N2O3. The monoisotopic (exact) mass is 286 g/mol. The molecular weight excluding hydrogens is 268 g/mol. The second-order valence-electron chi connectivity index (χ2n) is 5.59. The summed E-state index contributed by atoms with van der Waals surface area (Å²) in [5.41, 5.74) is 3.21. The molecule has 1 N–H and O–H groups in total. The molecule has 0 spiro atoms. The standard InChI is InChI=1S/C16H18N2O3/c1-11-3-2-7-17(10-11)16(21)18-8-6-12-4-5-13(15(19)20)9-14(12)18/h3-5,9H,2,6-8,10H2,1H3,(H,19,20). The number of fused-ring (bicyclic) bond motifs is 1. The zero-order valence-electron chi connectivity index (χ0n) is 12.0. The van der Waals surface area contributed by atoms with Crippen molar-refractivity contribution in [2.75, 3.05) is 24.5 Å². The van der Waals surface area contributed by atoms with Crippen LogP contribution in [0.4, 0.5) is 10.5 Å². The van der Waals surface area contributed by atoms with E-state index in [9.17, 15) is 9.59 Å². The Labute approximate surface area is 123 Å². The van der Waals surface area contributed by atoms with Crippen molar-refractivity contribution in [2.24, 2.45) is 0 Å². The highest BCUT2D eigenvalue weighted by Crippen LogP contribution is 2.30. The van der Waals surface area contributed by atoms with Gasteiger partial charge in [-0.25, -0.2) is 9.59 Å². The van der Waals surface area contributed by atoms with Crippen molar-refractivity contribution in [1.82, 2.24) is 4.90 Å². The lowest BCUT2D eigenvalue weighted by atomic mass is 10.1. The average molecular weight is 286 g/mol. The fraction of sp³-hybridized carbons (Fsp3) is 0.375. The van der Waals surface area contributed by atoms with Crippen LogP contribution in [0.2, 0.25) is 0 Å². The lowest BCUT2D eigenvalue weighted by Gasteiger charge is -2.31. The molecule has 1 aromatic rings.